The first-order valence-electron chi connectivity index (χ1n) is 4.84. The van der Waals surface area contributed by atoms with Crippen molar-refractivity contribution in [1.82, 2.24) is 5.48 Å². The van der Waals surface area contributed by atoms with Gasteiger partial charge in [-0.25, -0.2) is 5.48 Å². The van der Waals surface area contributed by atoms with Crippen LogP contribution >= 0.6 is 0 Å². The topological polar surface area (TPSA) is 73.6 Å². The average Bonchev–Trinajstić information content (AvgIpc) is 2.21. The van der Waals surface area contributed by atoms with Gasteiger partial charge in [0.2, 0.25) is 5.91 Å². The summed E-state index contributed by atoms with van der Waals surface area (Å²) in [6.45, 7) is 3.37. The first kappa shape index (κ1) is 13.4. The summed E-state index contributed by atoms with van der Waals surface area (Å²) in [6.07, 6.45) is 1.32. The number of methoxy groups -OCH3 is 1. The molecule has 0 aliphatic rings. The van der Waals surface area contributed by atoms with Gasteiger partial charge in [-0.05, 0) is 12.5 Å². The van der Waals surface area contributed by atoms with Gasteiger partial charge < -0.3 is 10.5 Å². The maximum atomic E-state index is 11.2. The van der Waals surface area contributed by atoms with Gasteiger partial charge in [0.1, 0.15) is 0 Å². The number of amides is 1. The van der Waals surface area contributed by atoms with Crippen molar-refractivity contribution in [3.05, 3.63) is 0 Å². The van der Waals surface area contributed by atoms with Gasteiger partial charge in [-0.3, -0.25) is 9.63 Å². The van der Waals surface area contributed by atoms with Crippen molar-refractivity contribution in [2.75, 3.05) is 26.9 Å². The predicted molar refractivity (Wildman–Crippen MR) is 53.4 cm³/mol. The Hall–Kier alpha value is -0.650. The van der Waals surface area contributed by atoms with Gasteiger partial charge in [-0.1, -0.05) is 13.3 Å². The summed E-state index contributed by atoms with van der Waals surface area (Å²) < 4.78 is 4.75. The molecule has 0 bridgehead atoms. The Morgan fingerprint density at radius 2 is 2.21 bits per heavy atom. The highest BCUT2D eigenvalue weighted by Crippen LogP contribution is 2.04. The number of hydrogen-bond donors (Lipinski definition) is 2. The van der Waals surface area contributed by atoms with Crippen LogP contribution in [0.3, 0.4) is 0 Å². The summed E-state index contributed by atoms with van der Waals surface area (Å²) in [5, 5.41) is 0. The molecule has 0 radical (unpaired) electrons. The zero-order chi connectivity index (χ0) is 10.8. The number of nitrogens with two attached hydrogens (primary N) is 1. The molecule has 1 unspecified atom stereocenters. The number of hydroxylamine groups is 1. The van der Waals surface area contributed by atoms with Gasteiger partial charge in [0, 0.05) is 13.5 Å². The molecule has 0 fully saturated rings. The molecule has 0 spiro atoms. The molecule has 0 aromatic carbocycles. The highest BCUT2D eigenvalue weighted by Gasteiger charge is 2.09. The van der Waals surface area contributed by atoms with Crippen LogP contribution in [0.1, 0.15) is 19.8 Å². The average molecular weight is 204 g/mol. The fraction of sp³-hybridized carbons (Fsp3) is 0.889. The van der Waals surface area contributed by atoms with E-state index in [9.17, 15) is 4.79 Å². The van der Waals surface area contributed by atoms with Crippen molar-refractivity contribution in [1.29, 1.82) is 0 Å². The summed E-state index contributed by atoms with van der Waals surface area (Å²) in [6, 6.07) is 0. The molecule has 14 heavy (non-hydrogen) atoms. The maximum absolute atomic E-state index is 11.2. The molecule has 0 aliphatic carbocycles. The molecule has 0 aromatic rings. The Balaban J connectivity index is 3.44. The van der Waals surface area contributed by atoms with Crippen LogP contribution in [0.15, 0.2) is 0 Å². The molecule has 0 aromatic heterocycles. The second kappa shape index (κ2) is 8.93. The molecular formula is C9H20N2O3. The molecule has 0 aliphatic heterocycles. The SMILES string of the molecule is CCC(CN)CC(=O)NOCCOC. The number of rotatable bonds is 8. The van der Waals surface area contributed by atoms with Crippen LogP contribution in [0, 0.1) is 5.92 Å². The second-order valence-corrected chi connectivity index (χ2v) is 3.08. The van der Waals surface area contributed by atoms with Gasteiger partial charge in [0.05, 0.1) is 13.2 Å². The Labute approximate surface area is 84.9 Å². The third-order valence-corrected chi connectivity index (χ3v) is 1.96. The monoisotopic (exact) mass is 204 g/mol. The lowest BCUT2D eigenvalue weighted by atomic mass is 10.0. The first-order chi connectivity index (χ1) is 6.74. The summed E-state index contributed by atoms with van der Waals surface area (Å²) in [4.78, 5) is 16.1. The molecule has 5 nitrogen and oxygen atoms in total. The lowest BCUT2D eigenvalue weighted by Gasteiger charge is -2.11. The number of nitrogens with one attached hydrogen (secondary N) is 1. The van der Waals surface area contributed by atoms with E-state index in [2.05, 4.69) is 5.48 Å². The third kappa shape index (κ3) is 6.82. The van der Waals surface area contributed by atoms with Crippen LogP contribution in [-0.2, 0) is 14.4 Å². The Morgan fingerprint density at radius 3 is 2.71 bits per heavy atom. The molecule has 5 heteroatoms. The van der Waals surface area contributed by atoms with E-state index in [1.807, 2.05) is 6.92 Å². The minimum Gasteiger partial charge on any atom is -0.382 e. The van der Waals surface area contributed by atoms with Crippen molar-refractivity contribution in [3.8, 4) is 0 Å². The molecule has 1 atom stereocenters. The molecular weight excluding hydrogens is 184 g/mol. The summed E-state index contributed by atoms with van der Waals surface area (Å²) in [7, 11) is 1.58. The normalized spacial score (nSPS) is 12.5. The van der Waals surface area contributed by atoms with Crippen LogP contribution < -0.4 is 11.2 Å². The molecule has 1 amide bonds. The molecule has 0 saturated heterocycles. The largest absolute Gasteiger partial charge is 0.382 e. The van der Waals surface area contributed by atoms with Crippen LogP contribution in [0.4, 0.5) is 0 Å². The van der Waals surface area contributed by atoms with Crippen LogP contribution in [0.5, 0.6) is 0 Å². The van der Waals surface area contributed by atoms with E-state index in [0.717, 1.165) is 6.42 Å². The first-order valence-corrected chi connectivity index (χ1v) is 4.84. The Morgan fingerprint density at radius 1 is 1.50 bits per heavy atom. The van der Waals surface area contributed by atoms with Gasteiger partial charge in [-0.15, -0.1) is 0 Å². The van der Waals surface area contributed by atoms with Crippen molar-refractivity contribution in [2.24, 2.45) is 11.7 Å². The van der Waals surface area contributed by atoms with Crippen LogP contribution in [0.25, 0.3) is 0 Å². The van der Waals surface area contributed by atoms with Gasteiger partial charge in [-0.2, -0.15) is 0 Å². The van der Waals surface area contributed by atoms with E-state index in [1.165, 1.54) is 0 Å². The quantitative estimate of drug-likeness (QED) is 0.433. The number of ether oxygens (including phenoxy) is 1. The van der Waals surface area contributed by atoms with E-state index >= 15 is 0 Å². The van der Waals surface area contributed by atoms with E-state index in [-0.39, 0.29) is 11.8 Å². The molecule has 0 rings (SSSR count). The minimum atomic E-state index is -0.126. The van der Waals surface area contributed by atoms with Gasteiger partial charge in [0.25, 0.3) is 0 Å². The maximum Gasteiger partial charge on any atom is 0.243 e. The smallest absolute Gasteiger partial charge is 0.243 e. The fourth-order valence-electron chi connectivity index (χ4n) is 0.955. The van der Waals surface area contributed by atoms with Gasteiger partial charge in [0.15, 0.2) is 0 Å². The van der Waals surface area contributed by atoms with Crippen LogP contribution in [0.2, 0.25) is 0 Å². The van der Waals surface area contributed by atoms with E-state index in [0.29, 0.717) is 26.2 Å². The van der Waals surface area contributed by atoms with Crippen molar-refractivity contribution >= 4 is 5.91 Å². The number of carbonyl (C=O) groups is 1. The highest BCUT2D eigenvalue weighted by molar-refractivity contribution is 5.75. The summed E-state index contributed by atoms with van der Waals surface area (Å²) >= 11 is 0. The highest BCUT2D eigenvalue weighted by atomic mass is 16.7. The number of carbonyl (C=O) groups excluding carboxylic acids is 1. The molecule has 0 heterocycles. The van der Waals surface area contributed by atoms with Crippen molar-refractivity contribution in [3.63, 3.8) is 0 Å². The van der Waals surface area contributed by atoms with E-state index in [4.69, 9.17) is 15.3 Å². The lowest BCUT2D eigenvalue weighted by molar-refractivity contribution is -0.135. The predicted octanol–water partition coefficient (Wildman–Crippen LogP) is 0.0556. The summed E-state index contributed by atoms with van der Waals surface area (Å²) in [5.41, 5.74) is 7.81. The lowest BCUT2D eigenvalue weighted by Crippen LogP contribution is -2.29. The zero-order valence-corrected chi connectivity index (χ0v) is 8.91. The third-order valence-electron chi connectivity index (χ3n) is 1.96. The van der Waals surface area contributed by atoms with Gasteiger partial charge >= 0.3 is 0 Å². The second-order valence-electron chi connectivity index (χ2n) is 3.08. The Bertz CT molecular complexity index is 149. The van der Waals surface area contributed by atoms with Crippen molar-refractivity contribution < 1.29 is 14.4 Å². The molecule has 3 N–H and O–H groups in total. The van der Waals surface area contributed by atoms with E-state index in [1.54, 1.807) is 7.11 Å². The fourth-order valence-corrected chi connectivity index (χ4v) is 0.955. The number of hydrogen-bond acceptors (Lipinski definition) is 4. The van der Waals surface area contributed by atoms with Crippen molar-refractivity contribution in [2.45, 2.75) is 19.8 Å². The standard InChI is InChI=1S/C9H20N2O3/c1-3-8(7-10)6-9(12)11-14-5-4-13-2/h8H,3-7,10H2,1-2H3,(H,11,12). The zero-order valence-electron chi connectivity index (χ0n) is 8.91. The summed E-state index contributed by atoms with van der Waals surface area (Å²) in [5.74, 6) is 0.111. The Kier molecular flexibility index (Phi) is 8.51. The van der Waals surface area contributed by atoms with E-state index < -0.39 is 0 Å². The molecule has 84 valence electrons. The minimum absolute atomic E-state index is 0.126. The van der Waals surface area contributed by atoms with Crippen LogP contribution in [-0.4, -0.2) is 32.8 Å². The molecule has 0 saturated carbocycles.